The van der Waals surface area contributed by atoms with Crippen molar-refractivity contribution in [3.05, 3.63) is 22.7 Å². The molecule has 0 aliphatic carbocycles. The number of hydrogen-bond donors (Lipinski definition) is 2. The van der Waals surface area contributed by atoms with Crippen molar-refractivity contribution in [1.82, 2.24) is 0 Å². The number of fused-ring (bicyclic) bond motifs is 1. The zero-order valence-corrected chi connectivity index (χ0v) is 11.3. The van der Waals surface area contributed by atoms with Crippen LogP contribution in [-0.2, 0) is 0 Å². The Bertz CT molecular complexity index is 438. The van der Waals surface area contributed by atoms with Gasteiger partial charge in [0.2, 0.25) is 6.79 Å². The van der Waals surface area contributed by atoms with Gasteiger partial charge < -0.3 is 20.3 Å². The first-order valence-electron chi connectivity index (χ1n) is 6.07. The number of benzene rings is 1. The van der Waals surface area contributed by atoms with Gasteiger partial charge in [-0.2, -0.15) is 0 Å². The summed E-state index contributed by atoms with van der Waals surface area (Å²) in [5, 5.41) is 10.7. The van der Waals surface area contributed by atoms with Crippen molar-refractivity contribution < 1.29 is 14.6 Å². The van der Waals surface area contributed by atoms with Crippen molar-refractivity contribution in [3.8, 4) is 11.5 Å². The lowest BCUT2D eigenvalue weighted by atomic mass is 9.91. The Morgan fingerprint density at radius 1 is 1.39 bits per heavy atom. The Morgan fingerprint density at radius 2 is 2.00 bits per heavy atom. The van der Waals surface area contributed by atoms with E-state index in [0.717, 1.165) is 6.42 Å². The summed E-state index contributed by atoms with van der Waals surface area (Å²) in [7, 11) is 0. The molecule has 1 aliphatic heterocycles. The molecule has 4 nitrogen and oxygen atoms in total. The monoisotopic (exact) mass is 271 g/mol. The normalized spacial score (nSPS) is 18.5. The van der Waals surface area contributed by atoms with E-state index in [9.17, 15) is 5.11 Å². The van der Waals surface area contributed by atoms with Crippen molar-refractivity contribution in [2.24, 2.45) is 11.7 Å². The maximum atomic E-state index is 10.2. The number of aliphatic hydroxyl groups excluding tert-OH is 1. The van der Waals surface area contributed by atoms with Crippen molar-refractivity contribution in [2.45, 2.75) is 32.4 Å². The minimum Gasteiger partial charge on any atom is -0.454 e. The molecule has 0 saturated carbocycles. The molecule has 0 radical (unpaired) electrons. The molecule has 5 heteroatoms. The van der Waals surface area contributed by atoms with Crippen LogP contribution in [0.4, 0.5) is 0 Å². The molecule has 0 amide bonds. The Balaban J connectivity index is 2.28. The van der Waals surface area contributed by atoms with Gasteiger partial charge in [-0.25, -0.2) is 0 Å². The van der Waals surface area contributed by atoms with Gasteiger partial charge in [-0.15, -0.1) is 0 Å². The third-order valence-corrected chi connectivity index (χ3v) is 3.77. The fourth-order valence-electron chi connectivity index (χ4n) is 1.97. The molecule has 0 bridgehead atoms. The van der Waals surface area contributed by atoms with Gasteiger partial charge in [0.1, 0.15) is 0 Å². The van der Waals surface area contributed by atoms with E-state index < -0.39 is 12.1 Å². The minimum absolute atomic E-state index is 0.112. The lowest BCUT2D eigenvalue weighted by Gasteiger charge is -2.25. The number of rotatable bonds is 4. The molecule has 18 heavy (non-hydrogen) atoms. The molecule has 0 spiro atoms. The molecule has 1 aromatic rings. The van der Waals surface area contributed by atoms with E-state index in [0.29, 0.717) is 22.1 Å². The Labute approximate surface area is 112 Å². The van der Waals surface area contributed by atoms with E-state index in [4.69, 9.17) is 26.8 Å². The molecule has 100 valence electrons. The second-order valence-electron chi connectivity index (χ2n) is 4.63. The third-order valence-electron chi connectivity index (χ3n) is 3.45. The number of hydrogen-bond acceptors (Lipinski definition) is 4. The Hall–Kier alpha value is -0.970. The van der Waals surface area contributed by atoms with Gasteiger partial charge in [-0.05, 0) is 17.5 Å². The van der Waals surface area contributed by atoms with Gasteiger partial charge in [-0.3, -0.25) is 0 Å². The first-order chi connectivity index (χ1) is 8.54. The van der Waals surface area contributed by atoms with Gasteiger partial charge >= 0.3 is 0 Å². The quantitative estimate of drug-likeness (QED) is 0.883. The lowest BCUT2D eigenvalue weighted by molar-refractivity contribution is 0.0879. The van der Waals surface area contributed by atoms with Crippen LogP contribution < -0.4 is 15.2 Å². The highest BCUT2D eigenvalue weighted by atomic mass is 35.5. The highest BCUT2D eigenvalue weighted by molar-refractivity contribution is 6.31. The van der Waals surface area contributed by atoms with Gasteiger partial charge in [-0.1, -0.05) is 31.9 Å². The Morgan fingerprint density at radius 3 is 2.61 bits per heavy atom. The summed E-state index contributed by atoms with van der Waals surface area (Å²) in [6, 6.07) is 2.91. The van der Waals surface area contributed by atoms with E-state index in [1.54, 1.807) is 12.1 Å². The largest absolute Gasteiger partial charge is 0.454 e. The van der Waals surface area contributed by atoms with Crippen LogP contribution in [0, 0.1) is 5.92 Å². The van der Waals surface area contributed by atoms with Crippen LogP contribution in [-0.4, -0.2) is 18.0 Å². The average Bonchev–Trinajstić information content (AvgIpc) is 2.82. The number of nitrogens with two attached hydrogens (primary N) is 1. The number of halogens is 1. The smallest absolute Gasteiger partial charge is 0.231 e. The van der Waals surface area contributed by atoms with Gasteiger partial charge in [0.15, 0.2) is 11.5 Å². The summed E-state index contributed by atoms with van der Waals surface area (Å²) in [5.41, 5.74) is 6.77. The average molecular weight is 272 g/mol. The summed E-state index contributed by atoms with van der Waals surface area (Å²) in [6.07, 6.45) is 0.227. The molecular formula is C13H18ClNO3. The maximum absolute atomic E-state index is 10.2. The van der Waals surface area contributed by atoms with Crippen LogP contribution in [0.2, 0.25) is 5.02 Å². The minimum atomic E-state index is -0.632. The predicted molar refractivity (Wildman–Crippen MR) is 70.0 cm³/mol. The van der Waals surface area contributed by atoms with E-state index in [-0.39, 0.29) is 12.7 Å². The molecule has 1 aromatic carbocycles. The van der Waals surface area contributed by atoms with E-state index >= 15 is 0 Å². The van der Waals surface area contributed by atoms with Crippen molar-refractivity contribution in [2.75, 3.05) is 6.79 Å². The number of ether oxygens (including phenoxy) is 2. The first-order valence-corrected chi connectivity index (χ1v) is 6.45. The van der Waals surface area contributed by atoms with Gasteiger partial charge in [0.25, 0.3) is 0 Å². The molecular weight excluding hydrogens is 254 g/mol. The van der Waals surface area contributed by atoms with Crippen LogP contribution in [0.3, 0.4) is 0 Å². The fraction of sp³-hybridized carbons (Fsp3) is 0.538. The highest BCUT2D eigenvalue weighted by Gasteiger charge is 2.26. The summed E-state index contributed by atoms with van der Waals surface area (Å²) in [5.74, 6) is 1.36. The van der Waals surface area contributed by atoms with E-state index in [2.05, 4.69) is 0 Å². The summed E-state index contributed by atoms with van der Waals surface area (Å²) in [6.45, 7) is 4.17. The van der Waals surface area contributed by atoms with Crippen LogP contribution in [0.1, 0.15) is 31.9 Å². The summed E-state index contributed by atoms with van der Waals surface area (Å²) >= 11 is 6.17. The molecule has 1 heterocycles. The van der Waals surface area contributed by atoms with Gasteiger partial charge in [0.05, 0.1) is 12.1 Å². The summed E-state index contributed by atoms with van der Waals surface area (Å²) in [4.78, 5) is 0. The van der Waals surface area contributed by atoms with Gasteiger partial charge in [0, 0.05) is 11.1 Å². The Kier molecular flexibility index (Phi) is 4.00. The lowest BCUT2D eigenvalue weighted by Crippen LogP contribution is -2.31. The second-order valence-corrected chi connectivity index (χ2v) is 5.04. The third kappa shape index (κ3) is 2.41. The maximum Gasteiger partial charge on any atom is 0.231 e. The van der Waals surface area contributed by atoms with Crippen LogP contribution in [0.5, 0.6) is 11.5 Å². The summed E-state index contributed by atoms with van der Waals surface area (Å²) < 4.78 is 10.5. The molecule has 0 saturated heterocycles. The molecule has 0 fully saturated rings. The molecule has 0 aromatic heterocycles. The number of aliphatic hydroxyl groups is 1. The predicted octanol–water partition coefficient (Wildman–Crippen LogP) is 2.48. The molecule has 3 atom stereocenters. The highest BCUT2D eigenvalue weighted by Crippen LogP contribution is 2.39. The standard InChI is InChI=1S/C13H18ClNO3/c1-3-7(2)13(16)12(15)8-4-10-11(5-9(8)14)18-6-17-10/h4-5,7,12-13,16H,3,6,15H2,1-2H3/t7?,12-,13+/m0/s1. The zero-order chi connectivity index (χ0) is 13.3. The van der Waals surface area contributed by atoms with E-state index in [1.165, 1.54) is 0 Å². The molecule has 1 aliphatic rings. The first kappa shape index (κ1) is 13.5. The molecule has 1 unspecified atom stereocenters. The van der Waals surface area contributed by atoms with Crippen molar-refractivity contribution in [3.63, 3.8) is 0 Å². The van der Waals surface area contributed by atoms with Crippen LogP contribution in [0.25, 0.3) is 0 Å². The van der Waals surface area contributed by atoms with Crippen LogP contribution >= 0.6 is 11.6 Å². The SMILES string of the molecule is CCC(C)[C@@H](O)[C@@H](N)c1cc2c(cc1Cl)OCO2. The fourth-order valence-corrected chi connectivity index (χ4v) is 2.25. The molecule has 3 N–H and O–H groups in total. The van der Waals surface area contributed by atoms with Crippen molar-refractivity contribution >= 4 is 11.6 Å². The topological polar surface area (TPSA) is 64.7 Å². The second kappa shape index (κ2) is 5.34. The van der Waals surface area contributed by atoms with Crippen molar-refractivity contribution in [1.29, 1.82) is 0 Å². The zero-order valence-electron chi connectivity index (χ0n) is 10.5. The van der Waals surface area contributed by atoms with E-state index in [1.807, 2.05) is 13.8 Å². The molecule has 2 rings (SSSR count). The van der Waals surface area contributed by atoms with Crippen LogP contribution in [0.15, 0.2) is 12.1 Å².